The van der Waals surface area contributed by atoms with E-state index in [1.54, 1.807) is 24.3 Å². The van der Waals surface area contributed by atoms with Crippen LogP contribution in [0.4, 0.5) is 50.4 Å². The van der Waals surface area contributed by atoms with E-state index < -0.39 is 15.6 Å². The number of benzene rings is 3. The molecular formula is C28H22Cl2F12Fe2O2P2-2. The van der Waals surface area contributed by atoms with Gasteiger partial charge in [0.05, 0.1) is 0 Å². The number of hydrogen-bond donors (Lipinski definition) is 0. The summed E-state index contributed by atoms with van der Waals surface area (Å²) in [5.41, 5.74) is 0. The molecule has 2 aliphatic carbocycles. The van der Waals surface area contributed by atoms with E-state index in [0.717, 1.165) is 23.0 Å². The van der Waals surface area contributed by atoms with E-state index in [1.807, 2.05) is 113 Å². The van der Waals surface area contributed by atoms with Gasteiger partial charge < -0.3 is 9.47 Å². The zero-order valence-corrected chi connectivity index (χ0v) is 28.9. The first-order valence-electron chi connectivity index (χ1n) is 12.0. The number of ether oxygens (including phenoxy) is 2. The van der Waals surface area contributed by atoms with Crippen molar-refractivity contribution in [2.75, 3.05) is 0 Å². The summed E-state index contributed by atoms with van der Waals surface area (Å²) in [6, 6.07) is 21.8. The third-order valence-corrected chi connectivity index (χ3v) is 4.54. The normalized spacial score (nSPS) is 16.5. The number of halogens is 14. The van der Waals surface area contributed by atoms with Crippen molar-refractivity contribution in [3.63, 3.8) is 0 Å². The zero-order chi connectivity index (χ0) is 35.3. The second-order valence-electron chi connectivity index (χ2n) is 8.42. The van der Waals surface area contributed by atoms with Gasteiger partial charge in [0, 0.05) is 44.2 Å². The van der Waals surface area contributed by atoms with Crippen LogP contribution in [-0.4, -0.2) is 0 Å². The summed E-state index contributed by atoms with van der Waals surface area (Å²) >= 11 is 11.7. The Morgan fingerprint density at radius 2 is 0.438 bits per heavy atom. The summed E-state index contributed by atoms with van der Waals surface area (Å²) in [5.74, 6) is 2.92. The Morgan fingerprint density at radius 3 is 0.583 bits per heavy atom. The molecule has 48 heavy (non-hydrogen) atoms. The fourth-order valence-electron chi connectivity index (χ4n) is 2.49. The second-order valence-corrected chi connectivity index (χ2v) is 13.1. The summed E-state index contributed by atoms with van der Waals surface area (Å²) in [5, 5.41) is 1.36. The van der Waals surface area contributed by atoms with Crippen molar-refractivity contribution in [3.05, 3.63) is 147 Å². The molecule has 0 atom stereocenters. The van der Waals surface area contributed by atoms with E-state index in [-0.39, 0.29) is 34.1 Å². The molecule has 3 aromatic rings. The molecule has 2 saturated carbocycles. The summed E-state index contributed by atoms with van der Waals surface area (Å²) in [6.45, 7) is 0. The van der Waals surface area contributed by atoms with E-state index in [9.17, 15) is 50.4 Å². The predicted octanol–water partition coefficient (Wildman–Crippen LogP) is 15.4. The molecule has 0 amide bonds. The molecule has 272 valence electrons. The van der Waals surface area contributed by atoms with Crippen LogP contribution < -0.4 is 9.47 Å². The van der Waals surface area contributed by atoms with Crippen LogP contribution in [0.2, 0.25) is 10.0 Å². The molecule has 0 N–H and O–H groups in total. The van der Waals surface area contributed by atoms with Gasteiger partial charge >= 0.3 is 66.0 Å². The first-order chi connectivity index (χ1) is 20.6. The maximum atomic E-state index is 9.87. The minimum absolute atomic E-state index is 0. The van der Waals surface area contributed by atoms with E-state index in [2.05, 4.69) is 0 Å². The Labute approximate surface area is 301 Å². The summed E-state index contributed by atoms with van der Waals surface area (Å²) in [7, 11) is -21.3. The van der Waals surface area contributed by atoms with Crippen molar-refractivity contribution < 1.29 is 94.0 Å². The molecule has 5 rings (SSSR count). The zero-order valence-electron chi connectivity index (χ0n) is 23.4. The minimum atomic E-state index is -10.7. The van der Waals surface area contributed by atoms with E-state index in [0.29, 0.717) is 10.0 Å². The Bertz CT molecular complexity index is 1180. The van der Waals surface area contributed by atoms with Gasteiger partial charge in [-0.05, 0) is 137 Å². The molecule has 3 aromatic carbocycles. The van der Waals surface area contributed by atoms with Gasteiger partial charge in [-0.15, -0.1) is 0 Å². The van der Waals surface area contributed by atoms with Crippen LogP contribution in [-0.2, 0) is 34.1 Å². The molecule has 2 aliphatic rings. The molecule has 20 heteroatoms. The van der Waals surface area contributed by atoms with E-state index in [1.165, 1.54) is 0 Å². The molecule has 0 saturated heterocycles. The van der Waals surface area contributed by atoms with Crippen molar-refractivity contribution >= 4 is 38.8 Å². The van der Waals surface area contributed by atoms with Crippen LogP contribution in [0.25, 0.3) is 0 Å². The second kappa shape index (κ2) is 18.4. The van der Waals surface area contributed by atoms with E-state index >= 15 is 0 Å². The Morgan fingerprint density at radius 1 is 0.312 bits per heavy atom. The molecule has 0 bridgehead atoms. The van der Waals surface area contributed by atoms with Crippen LogP contribution in [0.5, 0.6) is 23.0 Å². The molecule has 0 aliphatic heterocycles. The summed E-state index contributed by atoms with van der Waals surface area (Å²) < 4.78 is 130. The van der Waals surface area contributed by atoms with Gasteiger partial charge in [-0.25, -0.2) is 0 Å². The van der Waals surface area contributed by atoms with Gasteiger partial charge in [-0.3, -0.25) is 0 Å². The monoisotopic (exact) mass is 862 g/mol. The average molecular weight is 863 g/mol. The van der Waals surface area contributed by atoms with Crippen molar-refractivity contribution in [2.24, 2.45) is 0 Å². The fourth-order valence-corrected chi connectivity index (χ4v) is 2.75. The van der Waals surface area contributed by atoms with Crippen molar-refractivity contribution in [1.82, 2.24) is 0 Å². The molecular weight excluding hydrogens is 841 g/mol. The van der Waals surface area contributed by atoms with Crippen LogP contribution in [0, 0.1) is 64.2 Å². The van der Waals surface area contributed by atoms with Crippen molar-refractivity contribution in [3.8, 4) is 23.0 Å². The van der Waals surface area contributed by atoms with Gasteiger partial charge in [0.1, 0.15) is 23.0 Å². The van der Waals surface area contributed by atoms with Crippen molar-refractivity contribution in [1.29, 1.82) is 0 Å². The fraction of sp³-hybridized carbons (Fsp3) is 0. The Kier molecular flexibility index (Phi) is 18.8. The molecule has 0 aromatic heterocycles. The average Bonchev–Trinajstić information content (AvgIpc) is 3.64. The molecule has 0 spiro atoms. The van der Waals surface area contributed by atoms with Gasteiger partial charge in [-0.2, -0.15) is 0 Å². The molecule has 0 heterocycles. The smallest absolute Gasteiger partial charge is 0 e. The van der Waals surface area contributed by atoms with Crippen LogP contribution in [0.3, 0.4) is 0 Å². The first kappa shape index (κ1) is 49.0. The SMILES string of the molecule is Clc1ccc(Oc2ccc(Oc3ccc(Cl)cc3)cc2)cc1.F[P-](F)(F)(F)(F)F.F[P-](F)(F)(F)(F)F.[CH]1[CH][CH][CH][CH]1.[CH]1[CH][CH][CH][CH]1.[Fe].[Fe]. The van der Waals surface area contributed by atoms with Crippen molar-refractivity contribution in [2.45, 2.75) is 0 Å². The maximum absolute atomic E-state index is 10.7. The molecule has 10 radical (unpaired) electrons. The number of rotatable bonds is 4. The largest absolute Gasteiger partial charge is 0.0312 e. The quantitative estimate of drug-likeness (QED) is 0.148. The molecule has 2 nitrogen and oxygen atoms in total. The third kappa shape index (κ3) is 39.3. The minimum Gasteiger partial charge on any atom is -0.0312 e. The van der Waals surface area contributed by atoms with Crippen LogP contribution in [0.15, 0.2) is 72.8 Å². The predicted molar refractivity (Wildman–Crippen MR) is 160 cm³/mol. The summed E-state index contributed by atoms with van der Waals surface area (Å²) in [6.07, 6.45) is 20.0. The van der Waals surface area contributed by atoms with Gasteiger partial charge in [0.2, 0.25) is 0 Å². The van der Waals surface area contributed by atoms with Crippen LogP contribution in [0.1, 0.15) is 0 Å². The van der Waals surface area contributed by atoms with Gasteiger partial charge in [0.15, 0.2) is 0 Å². The first-order valence-corrected chi connectivity index (χ1v) is 16.8. The maximum Gasteiger partial charge on any atom is 0 e. The van der Waals surface area contributed by atoms with Crippen LogP contribution >= 0.6 is 38.8 Å². The van der Waals surface area contributed by atoms with E-state index in [4.69, 9.17) is 32.7 Å². The Hall–Kier alpha value is -1.10. The topological polar surface area (TPSA) is 18.5 Å². The third-order valence-electron chi connectivity index (χ3n) is 4.03. The van der Waals surface area contributed by atoms with Gasteiger partial charge in [-0.1, -0.05) is 23.2 Å². The van der Waals surface area contributed by atoms with Gasteiger partial charge in [0.25, 0.3) is 0 Å². The standard InChI is InChI=1S/C18H12Cl2O2.2C5H5.2F6P.2Fe/c19-13-1-5-15(6-2-13)21-17-9-11-18(12-10-17)22-16-7-3-14(20)4-8-16;2*1-2-4-5-3-1;2*1-7(2,3,4,5)6;;/h1-12H;2*1-5H;;;;/q;;;2*-1;;. The number of hydrogen-bond acceptors (Lipinski definition) is 2. The molecule has 2 fully saturated rings. The Balaban J connectivity index is 0. The molecule has 0 unspecified atom stereocenters. The summed E-state index contributed by atoms with van der Waals surface area (Å²) in [4.78, 5) is 0.